The molecule has 2 fully saturated rings. The molecule has 1 aromatic heterocycles. The number of halogens is 2. The van der Waals surface area contributed by atoms with Crippen molar-refractivity contribution >= 4 is 0 Å². The van der Waals surface area contributed by atoms with Crippen LogP contribution in [-0.4, -0.2) is 40.8 Å². The van der Waals surface area contributed by atoms with Gasteiger partial charge in [0.1, 0.15) is 17.7 Å². The molecule has 2 heterocycles. The van der Waals surface area contributed by atoms with Crippen LogP contribution in [0.15, 0.2) is 22.7 Å². The molecule has 0 radical (unpaired) electrons. The maximum absolute atomic E-state index is 14.1. The van der Waals surface area contributed by atoms with E-state index in [0.717, 1.165) is 6.54 Å². The highest BCUT2D eigenvalue weighted by molar-refractivity contribution is 5.27. The van der Waals surface area contributed by atoms with Crippen molar-refractivity contribution in [3.8, 4) is 0 Å². The van der Waals surface area contributed by atoms with Gasteiger partial charge in [-0.2, -0.15) is 4.98 Å². The normalized spacial score (nSPS) is 23.4. The van der Waals surface area contributed by atoms with E-state index in [1.807, 2.05) is 0 Å². The summed E-state index contributed by atoms with van der Waals surface area (Å²) in [6, 6.07) is 4.26. The van der Waals surface area contributed by atoms with Gasteiger partial charge in [-0.15, -0.1) is 0 Å². The molecule has 1 saturated carbocycles. The van der Waals surface area contributed by atoms with Gasteiger partial charge in [-0.25, -0.2) is 8.78 Å². The Balaban J connectivity index is 1.58. The van der Waals surface area contributed by atoms with E-state index in [1.54, 1.807) is 6.92 Å². The van der Waals surface area contributed by atoms with Crippen LogP contribution in [0.5, 0.6) is 0 Å². The Labute approximate surface area is 151 Å². The average molecular weight is 363 g/mol. The highest BCUT2D eigenvalue weighted by Gasteiger charge is 2.36. The first-order valence-corrected chi connectivity index (χ1v) is 9.26. The van der Waals surface area contributed by atoms with Crippen LogP contribution < -0.4 is 0 Å². The SMILES string of the molecule is CC(c1noc(C2COCCN2C2CCCC2)n1)c1c(F)cccc1F. The van der Waals surface area contributed by atoms with Crippen molar-refractivity contribution in [1.29, 1.82) is 0 Å². The molecule has 0 spiro atoms. The molecule has 5 nitrogen and oxygen atoms in total. The monoisotopic (exact) mass is 363 g/mol. The molecular formula is C19H23F2N3O2. The van der Waals surface area contributed by atoms with Crippen LogP contribution in [0, 0.1) is 11.6 Å². The van der Waals surface area contributed by atoms with Gasteiger partial charge in [0.05, 0.1) is 19.1 Å². The molecule has 1 saturated heterocycles. The predicted molar refractivity (Wildman–Crippen MR) is 90.7 cm³/mol. The van der Waals surface area contributed by atoms with E-state index in [0.29, 0.717) is 31.0 Å². The van der Waals surface area contributed by atoms with E-state index in [4.69, 9.17) is 9.26 Å². The molecule has 1 aromatic carbocycles. The first-order valence-electron chi connectivity index (χ1n) is 9.26. The van der Waals surface area contributed by atoms with Gasteiger partial charge in [0.15, 0.2) is 5.82 Å². The summed E-state index contributed by atoms with van der Waals surface area (Å²) in [7, 11) is 0. The molecule has 1 aliphatic carbocycles. The van der Waals surface area contributed by atoms with Crippen LogP contribution in [0.25, 0.3) is 0 Å². The maximum atomic E-state index is 14.1. The number of benzene rings is 1. The van der Waals surface area contributed by atoms with Gasteiger partial charge in [0.2, 0.25) is 5.89 Å². The fraction of sp³-hybridized carbons (Fsp3) is 0.579. The smallest absolute Gasteiger partial charge is 0.246 e. The second-order valence-electron chi connectivity index (χ2n) is 7.11. The molecule has 26 heavy (non-hydrogen) atoms. The van der Waals surface area contributed by atoms with Crippen LogP contribution in [0.1, 0.15) is 61.8 Å². The summed E-state index contributed by atoms with van der Waals surface area (Å²) < 4.78 is 39.2. The van der Waals surface area contributed by atoms with Gasteiger partial charge >= 0.3 is 0 Å². The second-order valence-corrected chi connectivity index (χ2v) is 7.11. The van der Waals surface area contributed by atoms with Crippen molar-refractivity contribution in [3.63, 3.8) is 0 Å². The fourth-order valence-electron chi connectivity index (χ4n) is 4.11. The van der Waals surface area contributed by atoms with E-state index in [9.17, 15) is 8.78 Å². The fourth-order valence-corrected chi connectivity index (χ4v) is 4.11. The zero-order valence-corrected chi connectivity index (χ0v) is 14.8. The zero-order valence-electron chi connectivity index (χ0n) is 14.8. The molecule has 2 aromatic rings. The Morgan fingerprint density at radius 3 is 2.65 bits per heavy atom. The Morgan fingerprint density at radius 1 is 1.19 bits per heavy atom. The quantitative estimate of drug-likeness (QED) is 0.827. The lowest BCUT2D eigenvalue weighted by Crippen LogP contribution is -2.44. The van der Waals surface area contributed by atoms with Crippen LogP contribution in [0.4, 0.5) is 8.78 Å². The van der Waals surface area contributed by atoms with Crippen LogP contribution in [0.3, 0.4) is 0 Å². The molecule has 0 bridgehead atoms. The van der Waals surface area contributed by atoms with Gasteiger partial charge in [0.25, 0.3) is 0 Å². The van der Waals surface area contributed by atoms with Crippen molar-refractivity contribution in [2.24, 2.45) is 0 Å². The van der Waals surface area contributed by atoms with E-state index in [1.165, 1.54) is 43.9 Å². The summed E-state index contributed by atoms with van der Waals surface area (Å²) in [5.41, 5.74) is -0.0348. The summed E-state index contributed by atoms with van der Waals surface area (Å²) in [6.45, 7) is 3.72. The Morgan fingerprint density at radius 2 is 1.92 bits per heavy atom. The standard InChI is InChI=1S/C19H23F2N3O2/c1-12(17-14(20)7-4-8-15(17)21)18-22-19(26-23-18)16-11-25-10-9-24(16)13-5-2-3-6-13/h4,7-8,12-13,16H,2-3,5-6,9-11H2,1H3. The lowest BCUT2D eigenvalue weighted by Gasteiger charge is -2.37. The third kappa shape index (κ3) is 3.25. The molecule has 0 N–H and O–H groups in total. The van der Waals surface area contributed by atoms with Crippen molar-refractivity contribution in [1.82, 2.24) is 15.0 Å². The van der Waals surface area contributed by atoms with Gasteiger partial charge in [-0.3, -0.25) is 4.90 Å². The molecule has 140 valence electrons. The largest absolute Gasteiger partial charge is 0.378 e. The molecule has 7 heteroatoms. The molecular weight excluding hydrogens is 340 g/mol. The van der Waals surface area contributed by atoms with Gasteiger partial charge in [-0.05, 0) is 25.0 Å². The zero-order chi connectivity index (χ0) is 18.1. The van der Waals surface area contributed by atoms with E-state index in [2.05, 4.69) is 15.0 Å². The predicted octanol–water partition coefficient (Wildman–Crippen LogP) is 3.82. The second kappa shape index (κ2) is 7.40. The van der Waals surface area contributed by atoms with Crippen molar-refractivity contribution in [3.05, 3.63) is 47.1 Å². The van der Waals surface area contributed by atoms with Crippen molar-refractivity contribution in [2.75, 3.05) is 19.8 Å². The minimum absolute atomic E-state index is 0.0348. The number of rotatable bonds is 4. The number of hydrogen-bond donors (Lipinski definition) is 0. The Hall–Kier alpha value is -1.86. The van der Waals surface area contributed by atoms with Gasteiger partial charge in [-0.1, -0.05) is 31.0 Å². The maximum Gasteiger partial charge on any atom is 0.246 e. The number of ether oxygens (including phenoxy) is 1. The third-order valence-electron chi connectivity index (χ3n) is 5.53. The average Bonchev–Trinajstić information content (AvgIpc) is 3.33. The number of hydrogen-bond acceptors (Lipinski definition) is 5. The van der Waals surface area contributed by atoms with E-state index < -0.39 is 17.6 Å². The van der Waals surface area contributed by atoms with Crippen LogP contribution in [0.2, 0.25) is 0 Å². The highest BCUT2D eigenvalue weighted by Crippen LogP contribution is 2.34. The number of morpholine rings is 1. The molecule has 2 atom stereocenters. The van der Waals surface area contributed by atoms with Crippen LogP contribution >= 0.6 is 0 Å². The Kier molecular flexibility index (Phi) is 5.00. The molecule has 4 rings (SSSR count). The summed E-state index contributed by atoms with van der Waals surface area (Å²) >= 11 is 0. The lowest BCUT2D eigenvalue weighted by atomic mass is 9.99. The lowest BCUT2D eigenvalue weighted by molar-refractivity contribution is -0.0397. The van der Waals surface area contributed by atoms with E-state index >= 15 is 0 Å². The van der Waals surface area contributed by atoms with E-state index in [-0.39, 0.29) is 11.6 Å². The van der Waals surface area contributed by atoms with Gasteiger partial charge in [0, 0.05) is 18.2 Å². The van der Waals surface area contributed by atoms with Crippen LogP contribution in [-0.2, 0) is 4.74 Å². The molecule has 1 aliphatic heterocycles. The topological polar surface area (TPSA) is 51.4 Å². The number of aromatic nitrogens is 2. The summed E-state index contributed by atoms with van der Waals surface area (Å²) in [4.78, 5) is 6.87. The summed E-state index contributed by atoms with van der Waals surface area (Å²) in [5, 5.41) is 4.01. The van der Waals surface area contributed by atoms with Crippen molar-refractivity contribution in [2.45, 2.75) is 50.6 Å². The third-order valence-corrected chi connectivity index (χ3v) is 5.53. The summed E-state index contributed by atoms with van der Waals surface area (Å²) in [6.07, 6.45) is 4.84. The first-order chi connectivity index (χ1) is 12.6. The minimum atomic E-state index is -0.627. The van der Waals surface area contributed by atoms with Gasteiger partial charge < -0.3 is 9.26 Å². The summed E-state index contributed by atoms with van der Waals surface area (Å²) in [5.74, 6) is -1.07. The number of nitrogens with zero attached hydrogens (tertiary/aromatic N) is 3. The highest BCUT2D eigenvalue weighted by atomic mass is 19.1. The first kappa shape index (κ1) is 17.5. The van der Waals surface area contributed by atoms with Crippen molar-refractivity contribution < 1.29 is 18.0 Å². The molecule has 2 unspecified atom stereocenters. The minimum Gasteiger partial charge on any atom is -0.378 e. The molecule has 2 aliphatic rings. The Bertz CT molecular complexity index is 741. The molecule has 0 amide bonds.